The fourth-order valence-corrected chi connectivity index (χ4v) is 2.00. The monoisotopic (exact) mass is 239 g/mol. The summed E-state index contributed by atoms with van der Waals surface area (Å²) < 4.78 is 0. The van der Waals surface area contributed by atoms with Crippen LogP contribution in [0.15, 0.2) is 18.2 Å². The lowest BCUT2D eigenvalue weighted by Gasteiger charge is -2.09. The van der Waals surface area contributed by atoms with E-state index in [1.54, 1.807) is 0 Å². The second kappa shape index (κ2) is 6.93. The Hall–Kier alpha value is -0.530. The van der Waals surface area contributed by atoms with Crippen LogP contribution in [0.4, 0.5) is 0 Å². The minimum atomic E-state index is 0.681. The van der Waals surface area contributed by atoms with Crippen LogP contribution in [-0.2, 0) is 13.0 Å². The first-order valence-corrected chi connectivity index (χ1v) is 6.49. The van der Waals surface area contributed by atoms with E-state index in [4.69, 9.17) is 11.6 Å². The first-order valence-electron chi connectivity index (χ1n) is 6.11. The van der Waals surface area contributed by atoms with Crippen LogP contribution >= 0.6 is 11.6 Å². The average Bonchev–Trinajstić information content (AvgIpc) is 2.20. The van der Waals surface area contributed by atoms with Gasteiger partial charge in [0.05, 0.1) is 0 Å². The molecule has 0 aliphatic carbocycles. The largest absolute Gasteiger partial charge is 0.313 e. The molecule has 1 aromatic rings. The minimum Gasteiger partial charge on any atom is -0.313 e. The summed E-state index contributed by atoms with van der Waals surface area (Å²) in [4.78, 5) is 0. The number of halogens is 1. The highest BCUT2D eigenvalue weighted by Gasteiger charge is 2.03. The van der Waals surface area contributed by atoms with E-state index in [1.807, 2.05) is 0 Å². The Morgan fingerprint density at radius 2 is 2.06 bits per heavy atom. The van der Waals surface area contributed by atoms with E-state index in [-0.39, 0.29) is 0 Å². The van der Waals surface area contributed by atoms with Gasteiger partial charge in [0.15, 0.2) is 0 Å². The van der Waals surface area contributed by atoms with Gasteiger partial charge in [-0.1, -0.05) is 44.5 Å². The zero-order valence-electron chi connectivity index (χ0n) is 10.5. The molecular formula is C14H22ClN. The van der Waals surface area contributed by atoms with Crippen LogP contribution in [0.2, 0.25) is 5.02 Å². The van der Waals surface area contributed by atoms with Gasteiger partial charge in [0.2, 0.25) is 0 Å². The molecule has 2 heteroatoms. The van der Waals surface area contributed by atoms with Crippen LogP contribution in [0.5, 0.6) is 0 Å². The molecule has 1 aromatic carbocycles. The van der Waals surface area contributed by atoms with E-state index in [9.17, 15) is 0 Å². The Kier molecular flexibility index (Phi) is 5.86. The molecule has 0 atom stereocenters. The maximum atomic E-state index is 6.25. The minimum absolute atomic E-state index is 0.681. The highest BCUT2D eigenvalue weighted by atomic mass is 35.5. The third-order valence-corrected chi connectivity index (χ3v) is 2.86. The molecule has 0 radical (unpaired) electrons. The van der Waals surface area contributed by atoms with Gasteiger partial charge in [-0.05, 0) is 42.5 Å². The average molecular weight is 240 g/mol. The lowest BCUT2D eigenvalue weighted by molar-refractivity contribution is 0.646. The fourth-order valence-electron chi connectivity index (χ4n) is 1.73. The maximum Gasteiger partial charge on any atom is 0.0453 e. The third-order valence-electron chi connectivity index (χ3n) is 2.50. The summed E-state index contributed by atoms with van der Waals surface area (Å²) in [7, 11) is 0. The molecule has 1 rings (SSSR count). The van der Waals surface area contributed by atoms with Gasteiger partial charge in [-0.25, -0.2) is 0 Å². The van der Waals surface area contributed by atoms with Crippen LogP contribution in [0, 0.1) is 5.92 Å². The van der Waals surface area contributed by atoms with Crippen molar-refractivity contribution in [3.8, 4) is 0 Å². The Morgan fingerprint density at radius 1 is 1.31 bits per heavy atom. The summed E-state index contributed by atoms with van der Waals surface area (Å²) in [6.07, 6.45) is 2.26. The summed E-state index contributed by atoms with van der Waals surface area (Å²) in [6, 6.07) is 6.43. The number of benzene rings is 1. The Labute approximate surface area is 104 Å². The number of hydrogen-bond donors (Lipinski definition) is 1. The van der Waals surface area contributed by atoms with Crippen LogP contribution in [0.25, 0.3) is 0 Å². The summed E-state index contributed by atoms with van der Waals surface area (Å²) >= 11 is 6.25. The summed E-state index contributed by atoms with van der Waals surface area (Å²) in [6.45, 7) is 8.54. The van der Waals surface area contributed by atoms with Gasteiger partial charge in [-0.2, -0.15) is 0 Å². The van der Waals surface area contributed by atoms with Crippen molar-refractivity contribution in [1.82, 2.24) is 5.32 Å². The molecule has 0 bridgehead atoms. The standard InChI is InChI=1S/C14H22ClN/c1-4-7-16-10-13-6-5-12(8-11(2)3)9-14(13)15/h5-6,9,11,16H,4,7-8,10H2,1-3H3. The van der Waals surface area contributed by atoms with Crippen molar-refractivity contribution in [3.63, 3.8) is 0 Å². The summed E-state index contributed by atoms with van der Waals surface area (Å²) in [5, 5.41) is 4.26. The van der Waals surface area contributed by atoms with Gasteiger partial charge >= 0.3 is 0 Å². The molecule has 0 aliphatic rings. The van der Waals surface area contributed by atoms with Crippen molar-refractivity contribution in [2.45, 2.75) is 40.2 Å². The molecule has 0 aromatic heterocycles. The van der Waals surface area contributed by atoms with Gasteiger partial charge in [-0.15, -0.1) is 0 Å². The van der Waals surface area contributed by atoms with Gasteiger partial charge in [0.25, 0.3) is 0 Å². The van der Waals surface area contributed by atoms with Crippen molar-refractivity contribution < 1.29 is 0 Å². The normalized spacial score (nSPS) is 11.1. The molecular weight excluding hydrogens is 218 g/mol. The predicted octanol–water partition coefficient (Wildman–Crippen LogP) is 4.04. The van der Waals surface area contributed by atoms with Crippen LogP contribution in [0.1, 0.15) is 38.3 Å². The highest BCUT2D eigenvalue weighted by Crippen LogP contribution is 2.19. The zero-order chi connectivity index (χ0) is 12.0. The highest BCUT2D eigenvalue weighted by molar-refractivity contribution is 6.31. The Bertz CT molecular complexity index is 321. The molecule has 0 saturated heterocycles. The lowest BCUT2D eigenvalue weighted by Crippen LogP contribution is -2.14. The van der Waals surface area contributed by atoms with Crippen molar-refractivity contribution in [2.24, 2.45) is 5.92 Å². The number of nitrogens with one attached hydrogen (secondary N) is 1. The second-order valence-corrected chi connectivity index (χ2v) is 5.11. The first kappa shape index (κ1) is 13.5. The zero-order valence-corrected chi connectivity index (χ0v) is 11.3. The number of rotatable bonds is 6. The quantitative estimate of drug-likeness (QED) is 0.739. The van der Waals surface area contributed by atoms with Crippen molar-refractivity contribution >= 4 is 11.6 Å². The lowest BCUT2D eigenvalue weighted by atomic mass is 10.0. The van der Waals surface area contributed by atoms with Crippen molar-refractivity contribution in [2.75, 3.05) is 6.54 Å². The molecule has 0 heterocycles. The summed E-state index contributed by atoms with van der Waals surface area (Å²) in [5.74, 6) is 0.681. The van der Waals surface area contributed by atoms with Crippen LogP contribution in [0.3, 0.4) is 0 Å². The van der Waals surface area contributed by atoms with E-state index in [1.165, 1.54) is 11.1 Å². The van der Waals surface area contributed by atoms with Crippen LogP contribution in [-0.4, -0.2) is 6.54 Å². The van der Waals surface area contributed by atoms with E-state index < -0.39 is 0 Å². The smallest absolute Gasteiger partial charge is 0.0453 e. The van der Waals surface area contributed by atoms with Crippen LogP contribution < -0.4 is 5.32 Å². The maximum absolute atomic E-state index is 6.25. The van der Waals surface area contributed by atoms with Gasteiger partial charge in [-0.3, -0.25) is 0 Å². The van der Waals surface area contributed by atoms with Crippen molar-refractivity contribution in [3.05, 3.63) is 34.3 Å². The molecule has 0 aliphatic heterocycles. The molecule has 1 nitrogen and oxygen atoms in total. The van der Waals surface area contributed by atoms with Gasteiger partial charge in [0, 0.05) is 11.6 Å². The van der Waals surface area contributed by atoms with E-state index in [0.717, 1.165) is 31.0 Å². The van der Waals surface area contributed by atoms with E-state index in [0.29, 0.717) is 5.92 Å². The predicted molar refractivity (Wildman–Crippen MR) is 72.0 cm³/mol. The Morgan fingerprint density at radius 3 is 2.62 bits per heavy atom. The molecule has 0 fully saturated rings. The molecule has 0 amide bonds. The molecule has 0 saturated carbocycles. The topological polar surface area (TPSA) is 12.0 Å². The molecule has 0 spiro atoms. The summed E-state index contributed by atoms with van der Waals surface area (Å²) in [5.41, 5.74) is 2.53. The molecule has 0 unspecified atom stereocenters. The number of hydrogen-bond acceptors (Lipinski definition) is 1. The fraction of sp³-hybridized carbons (Fsp3) is 0.571. The Balaban J connectivity index is 2.60. The van der Waals surface area contributed by atoms with E-state index in [2.05, 4.69) is 44.3 Å². The van der Waals surface area contributed by atoms with E-state index >= 15 is 0 Å². The van der Waals surface area contributed by atoms with Gasteiger partial charge in [0.1, 0.15) is 0 Å². The first-order chi connectivity index (χ1) is 7.63. The molecule has 1 N–H and O–H groups in total. The third kappa shape index (κ3) is 4.54. The van der Waals surface area contributed by atoms with Crippen molar-refractivity contribution in [1.29, 1.82) is 0 Å². The SMILES string of the molecule is CCCNCc1ccc(CC(C)C)cc1Cl. The van der Waals surface area contributed by atoms with Gasteiger partial charge < -0.3 is 5.32 Å². The second-order valence-electron chi connectivity index (χ2n) is 4.70. The molecule has 16 heavy (non-hydrogen) atoms. The molecule has 90 valence electrons.